The van der Waals surface area contributed by atoms with Crippen LogP contribution in [0, 0.1) is 11.7 Å². The highest BCUT2D eigenvalue weighted by Crippen LogP contribution is 2.35. The van der Waals surface area contributed by atoms with Crippen LogP contribution in [-0.4, -0.2) is 53.2 Å². The smallest absolute Gasteiger partial charge is 0.231 e. The number of halogens is 1. The van der Waals surface area contributed by atoms with Gasteiger partial charge in [0.2, 0.25) is 11.8 Å². The maximum absolute atomic E-state index is 13.3. The highest BCUT2D eigenvalue weighted by molar-refractivity contribution is 5.98. The van der Waals surface area contributed by atoms with Gasteiger partial charge < -0.3 is 10.6 Å². The van der Waals surface area contributed by atoms with Gasteiger partial charge in [0, 0.05) is 32.5 Å². The van der Waals surface area contributed by atoms with Gasteiger partial charge in [-0.25, -0.2) is 9.38 Å². The first-order chi connectivity index (χ1) is 12.8. The minimum Gasteiger partial charge on any atom is -0.369 e. The number of likely N-dealkylation sites (tertiary alicyclic amines) is 1. The van der Waals surface area contributed by atoms with Gasteiger partial charge >= 0.3 is 0 Å². The second-order valence-corrected chi connectivity index (χ2v) is 7.77. The lowest BCUT2D eigenvalue weighted by atomic mass is 9.77. The molecule has 0 aliphatic carbocycles. The van der Waals surface area contributed by atoms with Crippen LogP contribution in [0.15, 0.2) is 29.3 Å². The average Bonchev–Trinajstić information content (AvgIpc) is 2.64. The summed E-state index contributed by atoms with van der Waals surface area (Å²) in [4.78, 5) is 32.7. The number of amides is 2. The van der Waals surface area contributed by atoms with E-state index in [0.717, 1.165) is 18.4 Å². The molecule has 0 saturated carbocycles. The van der Waals surface area contributed by atoms with E-state index in [1.54, 1.807) is 13.1 Å². The molecule has 2 aliphatic heterocycles. The van der Waals surface area contributed by atoms with Gasteiger partial charge in [-0.05, 0) is 43.9 Å². The number of nitrogens with two attached hydrogens (primary N) is 1. The lowest BCUT2D eigenvalue weighted by Crippen LogP contribution is -2.54. The summed E-state index contributed by atoms with van der Waals surface area (Å²) in [6.07, 6.45) is 2.97. The van der Waals surface area contributed by atoms with Crippen molar-refractivity contribution in [3.05, 3.63) is 35.6 Å². The molecular formula is C20H27FN4O2. The highest BCUT2D eigenvalue weighted by Gasteiger charge is 2.43. The van der Waals surface area contributed by atoms with Crippen molar-refractivity contribution in [1.82, 2.24) is 9.80 Å². The Morgan fingerprint density at radius 3 is 2.93 bits per heavy atom. The second-order valence-electron chi connectivity index (χ2n) is 7.77. The zero-order valence-corrected chi connectivity index (χ0v) is 15.9. The molecule has 1 saturated heterocycles. The maximum Gasteiger partial charge on any atom is 0.231 e. The van der Waals surface area contributed by atoms with Crippen molar-refractivity contribution in [3.8, 4) is 0 Å². The van der Waals surface area contributed by atoms with Gasteiger partial charge in [0.15, 0.2) is 5.96 Å². The summed E-state index contributed by atoms with van der Waals surface area (Å²) < 4.78 is 13.3. The Balaban J connectivity index is 1.63. The fraction of sp³-hybridized carbons (Fsp3) is 0.550. The van der Waals surface area contributed by atoms with Crippen molar-refractivity contribution in [1.29, 1.82) is 0 Å². The van der Waals surface area contributed by atoms with Gasteiger partial charge in [0.25, 0.3) is 0 Å². The maximum atomic E-state index is 13.3. The summed E-state index contributed by atoms with van der Waals surface area (Å²) in [6, 6.07) is 6.36. The lowest BCUT2D eigenvalue weighted by Gasteiger charge is -2.43. The van der Waals surface area contributed by atoms with E-state index in [1.807, 2.05) is 17.9 Å². The summed E-state index contributed by atoms with van der Waals surface area (Å²) in [5.74, 6) is 0.0699. The fourth-order valence-corrected chi connectivity index (χ4v) is 3.98. The van der Waals surface area contributed by atoms with E-state index in [0.29, 0.717) is 32.4 Å². The summed E-state index contributed by atoms with van der Waals surface area (Å²) in [7, 11) is 1.63. The van der Waals surface area contributed by atoms with Crippen LogP contribution in [0.1, 0.15) is 38.2 Å². The Morgan fingerprint density at radius 2 is 2.22 bits per heavy atom. The van der Waals surface area contributed by atoms with Gasteiger partial charge in [0.05, 0.1) is 12.0 Å². The molecule has 27 heavy (non-hydrogen) atoms. The number of hydrogen-bond donors (Lipinski definition) is 1. The van der Waals surface area contributed by atoms with Crippen LogP contribution in [0.2, 0.25) is 0 Å². The van der Waals surface area contributed by atoms with Crippen LogP contribution >= 0.6 is 0 Å². The minimum atomic E-state index is -0.574. The molecule has 2 aliphatic rings. The van der Waals surface area contributed by atoms with Crippen LogP contribution in [0.3, 0.4) is 0 Å². The van der Waals surface area contributed by atoms with E-state index >= 15 is 0 Å². The number of benzene rings is 1. The van der Waals surface area contributed by atoms with E-state index in [4.69, 9.17) is 5.73 Å². The van der Waals surface area contributed by atoms with E-state index in [9.17, 15) is 14.0 Å². The summed E-state index contributed by atoms with van der Waals surface area (Å²) >= 11 is 0. The zero-order valence-electron chi connectivity index (χ0n) is 15.9. The normalized spacial score (nSPS) is 26.1. The van der Waals surface area contributed by atoms with Gasteiger partial charge in [0.1, 0.15) is 5.82 Å². The van der Waals surface area contributed by atoms with Crippen molar-refractivity contribution in [3.63, 3.8) is 0 Å². The van der Waals surface area contributed by atoms with Gasteiger partial charge in [-0.3, -0.25) is 14.5 Å². The molecule has 3 rings (SSSR count). The van der Waals surface area contributed by atoms with Crippen molar-refractivity contribution in [2.45, 2.75) is 44.6 Å². The Labute approximate surface area is 159 Å². The SMILES string of the molecule is CN1C(=O)C[C@@](C)(C2CCCN(C(=O)CCc3cccc(F)c3)C2)N=C1N. The molecule has 2 atom stereocenters. The average molecular weight is 374 g/mol. The molecule has 1 aromatic carbocycles. The van der Waals surface area contributed by atoms with Crippen LogP contribution in [0.25, 0.3) is 0 Å². The predicted molar refractivity (Wildman–Crippen MR) is 101 cm³/mol. The van der Waals surface area contributed by atoms with E-state index in [-0.39, 0.29) is 29.5 Å². The van der Waals surface area contributed by atoms with Crippen molar-refractivity contribution in [2.75, 3.05) is 20.1 Å². The van der Waals surface area contributed by atoms with Crippen LogP contribution in [0.5, 0.6) is 0 Å². The first-order valence-electron chi connectivity index (χ1n) is 9.42. The standard InChI is InChI=1S/C20H27FN4O2/c1-20(12-18(27)24(2)19(22)23-20)15-6-4-10-25(13-15)17(26)9-8-14-5-3-7-16(21)11-14/h3,5,7,11,15H,4,6,8-10,12-13H2,1-2H3,(H2,22,23)/t15?,20-/m0/s1. The Bertz CT molecular complexity index is 766. The van der Waals surface area contributed by atoms with Crippen LogP contribution in [0.4, 0.5) is 4.39 Å². The Morgan fingerprint density at radius 1 is 1.44 bits per heavy atom. The number of carbonyl (C=O) groups is 2. The van der Waals surface area contributed by atoms with Gasteiger partial charge in [-0.1, -0.05) is 12.1 Å². The minimum absolute atomic E-state index is 0.0421. The molecule has 0 spiro atoms. The molecule has 0 bridgehead atoms. The number of hydrogen-bond acceptors (Lipinski definition) is 4. The molecule has 146 valence electrons. The van der Waals surface area contributed by atoms with Crippen LogP contribution in [-0.2, 0) is 16.0 Å². The van der Waals surface area contributed by atoms with Crippen molar-refractivity contribution < 1.29 is 14.0 Å². The van der Waals surface area contributed by atoms with Crippen molar-refractivity contribution >= 4 is 17.8 Å². The molecule has 2 heterocycles. The van der Waals surface area contributed by atoms with E-state index in [2.05, 4.69) is 4.99 Å². The Kier molecular flexibility index (Phi) is 5.48. The molecule has 1 unspecified atom stereocenters. The molecule has 1 aromatic rings. The first-order valence-corrected chi connectivity index (χ1v) is 9.42. The topological polar surface area (TPSA) is 79.0 Å². The molecule has 0 aromatic heterocycles. The van der Waals surface area contributed by atoms with Crippen LogP contribution < -0.4 is 5.73 Å². The van der Waals surface area contributed by atoms with E-state index < -0.39 is 5.54 Å². The molecule has 2 amide bonds. The molecule has 6 nitrogen and oxygen atoms in total. The molecule has 0 radical (unpaired) electrons. The number of rotatable bonds is 4. The third-order valence-electron chi connectivity index (χ3n) is 5.77. The molecular weight excluding hydrogens is 347 g/mol. The number of carbonyl (C=O) groups excluding carboxylic acids is 2. The first kappa shape index (κ1) is 19.3. The third kappa shape index (κ3) is 4.28. The lowest BCUT2D eigenvalue weighted by molar-refractivity contribution is -0.134. The number of nitrogens with zero attached hydrogens (tertiary/aromatic N) is 3. The summed E-state index contributed by atoms with van der Waals surface area (Å²) in [6.45, 7) is 3.24. The van der Waals surface area contributed by atoms with E-state index in [1.165, 1.54) is 17.0 Å². The quantitative estimate of drug-likeness (QED) is 0.875. The summed E-state index contributed by atoms with van der Waals surface area (Å²) in [5.41, 5.74) is 6.16. The number of piperidine rings is 1. The number of aliphatic imine (C=N–C) groups is 1. The molecule has 1 fully saturated rings. The largest absolute Gasteiger partial charge is 0.369 e. The number of aryl methyl sites for hydroxylation is 1. The van der Waals surface area contributed by atoms with Gasteiger partial charge in [-0.15, -0.1) is 0 Å². The second kappa shape index (κ2) is 7.66. The fourth-order valence-electron chi connectivity index (χ4n) is 3.98. The molecule has 7 heteroatoms. The predicted octanol–water partition coefficient (Wildman–Crippen LogP) is 1.93. The monoisotopic (exact) mass is 374 g/mol. The Hall–Kier alpha value is -2.44. The zero-order chi connectivity index (χ0) is 19.6. The summed E-state index contributed by atoms with van der Waals surface area (Å²) in [5, 5.41) is 0. The number of guanidine groups is 1. The highest BCUT2D eigenvalue weighted by atomic mass is 19.1. The van der Waals surface area contributed by atoms with Crippen molar-refractivity contribution in [2.24, 2.45) is 16.6 Å². The third-order valence-corrected chi connectivity index (χ3v) is 5.77. The molecule has 2 N–H and O–H groups in total. The van der Waals surface area contributed by atoms with Gasteiger partial charge in [-0.2, -0.15) is 0 Å².